The molecule has 1 aliphatic heterocycles. The highest BCUT2D eigenvalue weighted by Crippen LogP contribution is 2.48. The minimum Gasteiger partial charge on any atom is -0.294 e. The summed E-state index contributed by atoms with van der Waals surface area (Å²) in [4.78, 5) is 28.4. The van der Waals surface area contributed by atoms with Crippen LogP contribution < -0.4 is 4.90 Å². The van der Waals surface area contributed by atoms with Gasteiger partial charge < -0.3 is 0 Å². The Kier molecular flexibility index (Phi) is 4.49. The van der Waals surface area contributed by atoms with Crippen LogP contribution in [0.15, 0.2) is 59.8 Å². The van der Waals surface area contributed by atoms with Gasteiger partial charge in [0.25, 0.3) is 0 Å². The van der Waals surface area contributed by atoms with Gasteiger partial charge in [-0.3, -0.25) is 14.5 Å². The van der Waals surface area contributed by atoms with Gasteiger partial charge in [-0.25, -0.2) is 0 Å². The Labute approximate surface area is 167 Å². The minimum absolute atomic E-state index is 0.0723. The van der Waals surface area contributed by atoms with Gasteiger partial charge in [0.1, 0.15) is 0 Å². The van der Waals surface area contributed by atoms with E-state index in [0.29, 0.717) is 12.8 Å². The Hall–Kier alpha value is -2.68. The van der Waals surface area contributed by atoms with Crippen molar-refractivity contribution >= 4 is 17.4 Å². The van der Waals surface area contributed by atoms with Crippen LogP contribution in [0.25, 0.3) is 0 Å². The van der Waals surface area contributed by atoms with E-state index in [1.54, 1.807) is 0 Å². The molecule has 1 unspecified atom stereocenters. The van der Waals surface area contributed by atoms with E-state index in [-0.39, 0.29) is 23.0 Å². The first-order valence-corrected chi connectivity index (χ1v) is 9.98. The molecule has 0 aromatic heterocycles. The maximum Gasteiger partial charge on any atom is 0.232 e. The summed E-state index contributed by atoms with van der Waals surface area (Å²) in [6.07, 6.45) is 1.60. The molecular weight excluding hydrogens is 346 g/mol. The molecule has 0 N–H and O–H groups in total. The van der Waals surface area contributed by atoms with E-state index in [4.69, 9.17) is 0 Å². The lowest BCUT2D eigenvalue weighted by atomic mass is 9.69. The molecule has 2 aromatic carbocycles. The molecule has 2 aromatic rings. The predicted molar refractivity (Wildman–Crippen MR) is 112 cm³/mol. The fourth-order valence-corrected chi connectivity index (χ4v) is 4.76. The first-order valence-electron chi connectivity index (χ1n) is 9.98. The highest BCUT2D eigenvalue weighted by molar-refractivity contribution is 6.07. The fraction of sp³-hybridized carbons (Fsp3) is 0.360. The molecule has 1 heterocycles. The summed E-state index contributed by atoms with van der Waals surface area (Å²) >= 11 is 0. The zero-order valence-electron chi connectivity index (χ0n) is 17.1. The summed E-state index contributed by atoms with van der Waals surface area (Å²) in [6, 6.07) is 16.2. The SMILES string of the molecule is Cc1cc(C)cc(N2C(=O)CC(c3ccccc3)C3=C2CC(C)(C)CC3=O)c1. The van der Waals surface area contributed by atoms with Crippen LogP contribution in [0.2, 0.25) is 0 Å². The van der Waals surface area contributed by atoms with Crippen molar-refractivity contribution in [3.63, 3.8) is 0 Å². The van der Waals surface area contributed by atoms with Crippen LogP contribution in [0, 0.1) is 19.3 Å². The zero-order chi connectivity index (χ0) is 20.1. The van der Waals surface area contributed by atoms with Gasteiger partial charge in [0.05, 0.1) is 0 Å². The average Bonchev–Trinajstić information content (AvgIpc) is 2.59. The maximum atomic E-state index is 13.4. The number of carbonyl (C=O) groups is 2. The number of anilines is 1. The number of benzene rings is 2. The van der Waals surface area contributed by atoms with Gasteiger partial charge in [-0.2, -0.15) is 0 Å². The molecule has 28 heavy (non-hydrogen) atoms. The van der Waals surface area contributed by atoms with E-state index < -0.39 is 0 Å². The Morgan fingerprint density at radius 3 is 2.21 bits per heavy atom. The van der Waals surface area contributed by atoms with Crippen molar-refractivity contribution in [1.82, 2.24) is 0 Å². The Morgan fingerprint density at radius 1 is 0.929 bits per heavy atom. The standard InChI is InChI=1S/C25H27NO2/c1-16-10-17(2)12-19(11-16)26-21-14-25(3,4)15-22(27)24(21)20(13-23(26)28)18-8-6-5-7-9-18/h5-12,20H,13-15H2,1-4H3. The summed E-state index contributed by atoms with van der Waals surface area (Å²) in [6.45, 7) is 8.32. The van der Waals surface area contributed by atoms with Crippen molar-refractivity contribution in [1.29, 1.82) is 0 Å². The van der Waals surface area contributed by atoms with E-state index in [0.717, 1.165) is 40.1 Å². The highest BCUT2D eigenvalue weighted by Gasteiger charge is 2.44. The molecule has 0 saturated carbocycles. The number of aryl methyl sites for hydroxylation is 2. The van der Waals surface area contributed by atoms with Gasteiger partial charge in [0, 0.05) is 35.7 Å². The second-order valence-corrected chi connectivity index (χ2v) is 9.04. The molecule has 3 nitrogen and oxygen atoms in total. The van der Waals surface area contributed by atoms with Crippen molar-refractivity contribution in [2.75, 3.05) is 4.90 Å². The van der Waals surface area contributed by atoms with Crippen molar-refractivity contribution in [3.8, 4) is 0 Å². The van der Waals surface area contributed by atoms with E-state index in [1.807, 2.05) is 61.2 Å². The zero-order valence-corrected chi connectivity index (χ0v) is 17.1. The number of carbonyl (C=O) groups excluding carboxylic acids is 2. The topological polar surface area (TPSA) is 37.4 Å². The third-order valence-corrected chi connectivity index (χ3v) is 5.81. The van der Waals surface area contributed by atoms with Crippen LogP contribution in [-0.2, 0) is 9.59 Å². The lowest BCUT2D eigenvalue weighted by Crippen LogP contribution is -2.43. The van der Waals surface area contributed by atoms with Gasteiger partial charge in [-0.1, -0.05) is 50.2 Å². The summed E-state index contributed by atoms with van der Waals surface area (Å²) in [5, 5.41) is 0. The fourth-order valence-electron chi connectivity index (χ4n) is 4.76. The lowest BCUT2D eigenvalue weighted by molar-refractivity contribution is -0.121. The monoisotopic (exact) mass is 373 g/mol. The molecule has 0 bridgehead atoms. The number of ketones is 1. The summed E-state index contributed by atoms with van der Waals surface area (Å²) < 4.78 is 0. The maximum absolute atomic E-state index is 13.4. The molecule has 0 saturated heterocycles. The molecule has 3 heteroatoms. The second-order valence-electron chi connectivity index (χ2n) is 9.04. The quantitative estimate of drug-likeness (QED) is 0.700. The summed E-state index contributed by atoms with van der Waals surface area (Å²) in [5.41, 5.74) is 5.77. The molecule has 1 atom stereocenters. The Balaban J connectivity index is 1.92. The number of Topliss-reactive ketones (excluding diaryl/α,β-unsaturated/α-hetero) is 1. The second kappa shape index (κ2) is 6.73. The number of nitrogens with zero attached hydrogens (tertiary/aromatic N) is 1. The molecule has 0 spiro atoms. The van der Waals surface area contributed by atoms with Gasteiger partial charge in [-0.15, -0.1) is 0 Å². The summed E-state index contributed by atoms with van der Waals surface area (Å²) in [5.74, 6) is 0.111. The van der Waals surface area contributed by atoms with Crippen LogP contribution in [0.3, 0.4) is 0 Å². The van der Waals surface area contributed by atoms with Gasteiger partial charge in [0.15, 0.2) is 5.78 Å². The van der Waals surface area contributed by atoms with Gasteiger partial charge >= 0.3 is 0 Å². The first kappa shape index (κ1) is 18.7. The van der Waals surface area contributed by atoms with Crippen LogP contribution >= 0.6 is 0 Å². The first-order chi connectivity index (χ1) is 13.2. The molecule has 0 radical (unpaired) electrons. The van der Waals surface area contributed by atoms with E-state index in [2.05, 4.69) is 19.9 Å². The molecule has 4 rings (SSSR count). The molecule has 1 aliphatic carbocycles. The minimum atomic E-state index is -0.147. The number of allylic oxidation sites excluding steroid dienone is 2. The van der Waals surface area contributed by atoms with Gasteiger partial charge in [0.2, 0.25) is 5.91 Å². The van der Waals surface area contributed by atoms with Crippen molar-refractivity contribution < 1.29 is 9.59 Å². The number of amides is 1. The number of hydrogen-bond acceptors (Lipinski definition) is 2. The third kappa shape index (κ3) is 3.30. The normalized spacial score (nSPS) is 21.7. The van der Waals surface area contributed by atoms with Gasteiger partial charge in [-0.05, 0) is 54.5 Å². The smallest absolute Gasteiger partial charge is 0.232 e. The van der Waals surface area contributed by atoms with Crippen molar-refractivity contribution in [3.05, 3.63) is 76.5 Å². The van der Waals surface area contributed by atoms with Crippen LogP contribution in [0.1, 0.15) is 55.7 Å². The van der Waals surface area contributed by atoms with Crippen LogP contribution in [0.5, 0.6) is 0 Å². The van der Waals surface area contributed by atoms with E-state index in [9.17, 15) is 9.59 Å². The van der Waals surface area contributed by atoms with E-state index in [1.165, 1.54) is 0 Å². The Morgan fingerprint density at radius 2 is 1.57 bits per heavy atom. The molecule has 2 aliphatic rings. The van der Waals surface area contributed by atoms with Crippen LogP contribution in [-0.4, -0.2) is 11.7 Å². The van der Waals surface area contributed by atoms with E-state index >= 15 is 0 Å². The van der Waals surface area contributed by atoms with Crippen molar-refractivity contribution in [2.24, 2.45) is 5.41 Å². The Bertz CT molecular complexity index is 965. The molecular formula is C25H27NO2. The van der Waals surface area contributed by atoms with Crippen LogP contribution in [0.4, 0.5) is 5.69 Å². The lowest BCUT2D eigenvalue weighted by Gasteiger charge is -2.43. The average molecular weight is 373 g/mol. The molecule has 144 valence electrons. The molecule has 1 amide bonds. The summed E-state index contributed by atoms with van der Waals surface area (Å²) in [7, 11) is 0. The van der Waals surface area contributed by atoms with Crippen molar-refractivity contribution in [2.45, 2.75) is 52.9 Å². The molecule has 0 fully saturated rings. The third-order valence-electron chi connectivity index (χ3n) is 5.81. The number of rotatable bonds is 2. The predicted octanol–water partition coefficient (Wildman–Crippen LogP) is 5.47. The highest BCUT2D eigenvalue weighted by atomic mass is 16.2. The number of hydrogen-bond donors (Lipinski definition) is 0. The largest absolute Gasteiger partial charge is 0.294 e.